The maximum Gasteiger partial charge on any atom is 0.222 e. The van der Waals surface area contributed by atoms with Gasteiger partial charge < -0.3 is 10.3 Å². The van der Waals surface area contributed by atoms with E-state index in [9.17, 15) is 0 Å². The number of hydrogen-bond acceptors (Lipinski definition) is 4. The van der Waals surface area contributed by atoms with E-state index in [0.717, 1.165) is 18.5 Å². The van der Waals surface area contributed by atoms with E-state index in [-0.39, 0.29) is 0 Å². The summed E-state index contributed by atoms with van der Waals surface area (Å²) in [6, 6.07) is 19.0. The Labute approximate surface area is 160 Å². The van der Waals surface area contributed by atoms with Crippen molar-refractivity contribution >= 4 is 38.3 Å². The number of nitrogens with zero attached hydrogens (tertiary/aromatic N) is 2. The van der Waals surface area contributed by atoms with Crippen LogP contribution in [-0.2, 0) is 6.42 Å². The zero-order valence-corrected chi connectivity index (χ0v) is 15.5. The highest BCUT2D eigenvalue weighted by molar-refractivity contribution is 7.22. The summed E-state index contributed by atoms with van der Waals surface area (Å²) < 4.78 is 1.29. The summed E-state index contributed by atoms with van der Waals surface area (Å²) in [5.41, 5.74) is 3.54. The second-order valence-corrected chi connectivity index (χ2v) is 7.56. The number of benzene rings is 2. The number of fused-ring (bicyclic) bond motifs is 2. The van der Waals surface area contributed by atoms with Crippen LogP contribution in [0.5, 0.6) is 0 Å². The lowest BCUT2D eigenvalue weighted by Crippen LogP contribution is -2.07. The molecule has 5 heteroatoms. The SMILES string of the molecule is c1ccc2sc(-c3cnc(NCCc4c[nH]c5ccccc45)nc3)cc2c1. The summed E-state index contributed by atoms with van der Waals surface area (Å²) in [7, 11) is 0. The summed E-state index contributed by atoms with van der Waals surface area (Å²) >= 11 is 1.77. The van der Waals surface area contributed by atoms with Crippen LogP contribution in [0.3, 0.4) is 0 Å². The average molecular weight is 370 g/mol. The molecule has 0 unspecified atom stereocenters. The van der Waals surface area contributed by atoms with Gasteiger partial charge in [0.05, 0.1) is 0 Å². The van der Waals surface area contributed by atoms with Crippen molar-refractivity contribution in [2.24, 2.45) is 0 Å². The molecule has 4 nitrogen and oxygen atoms in total. The fraction of sp³-hybridized carbons (Fsp3) is 0.0909. The number of aromatic amines is 1. The first-order chi connectivity index (χ1) is 13.4. The molecule has 0 aliphatic rings. The van der Waals surface area contributed by atoms with Gasteiger partial charge >= 0.3 is 0 Å². The van der Waals surface area contributed by atoms with Crippen molar-refractivity contribution in [3.8, 4) is 10.4 Å². The monoisotopic (exact) mass is 370 g/mol. The molecule has 0 fully saturated rings. The molecule has 0 saturated heterocycles. The molecule has 0 radical (unpaired) electrons. The van der Waals surface area contributed by atoms with Gasteiger partial charge in [0.2, 0.25) is 5.95 Å². The van der Waals surface area contributed by atoms with Crippen LogP contribution >= 0.6 is 11.3 Å². The fourth-order valence-corrected chi connectivity index (χ4v) is 4.36. The van der Waals surface area contributed by atoms with E-state index in [1.54, 1.807) is 11.3 Å². The van der Waals surface area contributed by atoms with Crippen molar-refractivity contribution < 1.29 is 0 Å². The van der Waals surface area contributed by atoms with E-state index in [1.807, 2.05) is 18.5 Å². The molecule has 5 aromatic rings. The standard InChI is InChI=1S/C22H18N4S/c1-4-8-20-15(5-1)11-21(27-20)17-13-25-22(26-14-17)23-10-9-16-12-24-19-7-3-2-6-18(16)19/h1-8,11-14,24H,9-10H2,(H,23,25,26). The van der Waals surface area contributed by atoms with E-state index in [2.05, 4.69) is 75.0 Å². The third kappa shape index (κ3) is 3.17. The predicted octanol–water partition coefficient (Wildman–Crippen LogP) is 5.49. The number of hydrogen-bond donors (Lipinski definition) is 2. The molecule has 5 rings (SSSR count). The summed E-state index contributed by atoms with van der Waals surface area (Å²) in [5, 5.41) is 5.86. The van der Waals surface area contributed by atoms with Gasteiger partial charge in [0.25, 0.3) is 0 Å². The Morgan fingerprint density at radius 1 is 0.963 bits per heavy atom. The topological polar surface area (TPSA) is 53.6 Å². The Morgan fingerprint density at radius 3 is 2.67 bits per heavy atom. The number of rotatable bonds is 5. The van der Waals surface area contributed by atoms with E-state index in [1.165, 1.54) is 31.4 Å². The highest BCUT2D eigenvalue weighted by Crippen LogP contribution is 2.32. The lowest BCUT2D eigenvalue weighted by Gasteiger charge is -2.05. The molecule has 0 atom stereocenters. The number of H-pyrrole nitrogens is 1. The van der Waals surface area contributed by atoms with Crippen molar-refractivity contribution in [3.05, 3.63) is 78.8 Å². The number of para-hydroxylation sites is 1. The minimum Gasteiger partial charge on any atom is -0.361 e. The molecule has 3 heterocycles. The zero-order valence-electron chi connectivity index (χ0n) is 14.6. The van der Waals surface area contributed by atoms with Gasteiger partial charge in [-0.1, -0.05) is 36.4 Å². The van der Waals surface area contributed by atoms with Crippen molar-refractivity contribution in [2.75, 3.05) is 11.9 Å². The third-order valence-electron chi connectivity index (χ3n) is 4.71. The highest BCUT2D eigenvalue weighted by atomic mass is 32.1. The van der Waals surface area contributed by atoms with Crippen LogP contribution in [-0.4, -0.2) is 21.5 Å². The maximum absolute atomic E-state index is 4.48. The van der Waals surface area contributed by atoms with Crippen LogP contribution < -0.4 is 5.32 Å². The molecule has 0 spiro atoms. The second kappa shape index (κ2) is 6.85. The van der Waals surface area contributed by atoms with Crippen LogP contribution in [0.1, 0.15) is 5.56 Å². The van der Waals surface area contributed by atoms with Gasteiger partial charge in [-0.05, 0) is 35.6 Å². The molecule has 27 heavy (non-hydrogen) atoms. The third-order valence-corrected chi connectivity index (χ3v) is 5.88. The summed E-state index contributed by atoms with van der Waals surface area (Å²) in [6.45, 7) is 0.796. The fourth-order valence-electron chi connectivity index (χ4n) is 3.32. The summed E-state index contributed by atoms with van der Waals surface area (Å²) in [6.07, 6.45) is 6.79. The van der Waals surface area contributed by atoms with Crippen LogP contribution in [0.4, 0.5) is 5.95 Å². The van der Waals surface area contributed by atoms with Gasteiger partial charge in [0.1, 0.15) is 0 Å². The number of anilines is 1. The lowest BCUT2D eigenvalue weighted by atomic mass is 10.1. The average Bonchev–Trinajstić information content (AvgIpc) is 3.33. The molecule has 2 aromatic carbocycles. The van der Waals surface area contributed by atoms with Crippen molar-refractivity contribution in [1.82, 2.24) is 15.0 Å². The van der Waals surface area contributed by atoms with Crippen LogP contribution in [0.15, 0.2) is 73.2 Å². The molecular weight excluding hydrogens is 352 g/mol. The van der Waals surface area contributed by atoms with E-state index < -0.39 is 0 Å². The van der Waals surface area contributed by atoms with Gasteiger partial charge in [-0.25, -0.2) is 9.97 Å². The van der Waals surface area contributed by atoms with Gasteiger partial charge in [0.15, 0.2) is 0 Å². The van der Waals surface area contributed by atoms with E-state index in [4.69, 9.17) is 0 Å². The minimum absolute atomic E-state index is 0.666. The Morgan fingerprint density at radius 2 is 1.78 bits per heavy atom. The zero-order chi connectivity index (χ0) is 18.1. The first kappa shape index (κ1) is 16.0. The van der Waals surface area contributed by atoms with Crippen LogP contribution in [0, 0.1) is 0 Å². The molecular formula is C22H18N4S. The molecule has 2 N–H and O–H groups in total. The second-order valence-electron chi connectivity index (χ2n) is 6.48. The first-order valence-electron chi connectivity index (χ1n) is 8.97. The maximum atomic E-state index is 4.48. The van der Waals surface area contributed by atoms with Crippen molar-refractivity contribution in [2.45, 2.75) is 6.42 Å². The number of thiophene rings is 1. The smallest absolute Gasteiger partial charge is 0.222 e. The Bertz CT molecular complexity index is 1170. The molecule has 132 valence electrons. The van der Waals surface area contributed by atoms with Gasteiger partial charge in [0, 0.05) is 51.2 Å². The molecule has 3 aromatic heterocycles. The molecule has 0 bridgehead atoms. The van der Waals surface area contributed by atoms with Crippen molar-refractivity contribution in [1.29, 1.82) is 0 Å². The van der Waals surface area contributed by atoms with Gasteiger partial charge in [-0.2, -0.15) is 0 Å². The predicted molar refractivity (Wildman–Crippen MR) is 113 cm³/mol. The van der Waals surface area contributed by atoms with Gasteiger partial charge in [-0.15, -0.1) is 11.3 Å². The summed E-state index contributed by atoms with van der Waals surface area (Å²) in [5.74, 6) is 0.666. The molecule has 0 amide bonds. The van der Waals surface area contributed by atoms with E-state index >= 15 is 0 Å². The molecule has 0 aliphatic carbocycles. The van der Waals surface area contributed by atoms with Crippen LogP contribution in [0.2, 0.25) is 0 Å². The number of aromatic nitrogens is 3. The molecule has 0 saturated carbocycles. The number of nitrogens with one attached hydrogen (secondary N) is 2. The Kier molecular flexibility index (Phi) is 4.07. The minimum atomic E-state index is 0.666. The van der Waals surface area contributed by atoms with E-state index in [0.29, 0.717) is 5.95 Å². The van der Waals surface area contributed by atoms with Gasteiger partial charge in [-0.3, -0.25) is 0 Å². The largest absolute Gasteiger partial charge is 0.361 e. The lowest BCUT2D eigenvalue weighted by molar-refractivity contribution is 0.991. The highest BCUT2D eigenvalue weighted by Gasteiger charge is 2.06. The Balaban J connectivity index is 1.26. The van der Waals surface area contributed by atoms with Crippen LogP contribution in [0.25, 0.3) is 31.4 Å². The normalized spacial score (nSPS) is 11.3. The first-order valence-corrected chi connectivity index (χ1v) is 9.78. The Hall–Kier alpha value is -3.18. The van der Waals surface area contributed by atoms with Crippen molar-refractivity contribution in [3.63, 3.8) is 0 Å². The summed E-state index contributed by atoms with van der Waals surface area (Å²) in [4.78, 5) is 13.5. The molecule has 0 aliphatic heterocycles. The quantitative estimate of drug-likeness (QED) is 0.430.